The van der Waals surface area contributed by atoms with Gasteiger partial charge in [-0.25, -0.2) is 9.97 Å². The van der Waals surface area contributed by atoms with Crippen molar-refractivity contribution in [2.45, 2.75) is 27.7 Å². The summed E-state index contributed by atoms with van der Waals surface area (Å²) in [6, 6.07) is 38.8. The van der Waals surface area contributed by atoms with Crippen LogP contribution in [0.25, 0.3) is 66.2 Å². The first kappa shape index (κ1) is 25.9. The number of rotatable bonds is 3. The van der Waals surface area contributed by atoms with E-state index in [-0.39, 0.29) is 0 Å². The Morgan fingerprint density at radius 1 is 0.545 bits per heavy atom. The van der Waals surface area contributed by atoms with E-state index in [0.717, 1.165) is 50.4 Å². The van der Waals surface area contributed by atoms with Gasteiger partial charge in [0.25, 0.3) is 0 Å². The third-order valence-corrected chi connectivity index (χ3v) is 8.59. The van der Waals surface area contributed by atoms with Crippen LogP contribution in [0, 0.1) is 39.0 Å². The van der Waals surface area contributed by atoms with Gasteiger partial charge < -0.3 is 9.13 Å². The van der Waals surface area contributed by atoms with E-state index in [1.54, 1.807) is 0 Å². The molecule has 0 saturated heterocycles. The van der Waals surface area contributed by atoms with E-state index >= 15 is 0 Å². The molecule has 3 aromatic heterocycles. The fourth-order valence-corrected chi connectivity index (χ4v) is 6.82. The molecule has 5 nitrogen and oxygen atoms in total. The van der Waals surface area contributed by atoms with Crippen molar-refractivity contribution in [1.29, 1.82) is 5.26 Å². The van der Waals surface area contributed by atoms with Crippen molar-refractivity contribution < 1.29 is 0 Å². The van der Waals surface area contributed by atoms with Gasteiger partial charge >= 0.3 is 0 Å². The SMILES string of the molecule is Cc1ccc2c3ccccc3n(-c3cc(C#N)cc(-n4c5ccccc5c5ccc(C)cc54)c3-c3cc(C)nc(C)n3)c2c1. The van der Waals surface area contributed by atoms with Crippen molar-refractivity contribution in [2.24, 2.45) is 0 Å². The van der Waals surface area contributed by atoms with Crippen molar-refractivity contribution in [2.75, 3.05) is 0 Å². The minimum atomic E-state index is 0.582. The van der Waals surface area contributed by atoms with Crippen LogP contribution in [0.2, 0.25) is 0 Å². The zero-order valence-corrected chi connectivity index (χ0v) is 25.1. The van der Waals surface area contributed by atoms with Gasteiger partial charge in [0.1, 0.15) is 5.82 Å². The Morgan fingerprint density at radius 2 is 1.05 bits per heavy atom. The number of hydrogen-bond acceptors (Lipinski definition) is 3. The molecule has 5 aromatic carbocycles. The average molecular weight is 568 g/mol. The van der Waals surface area contributed by atoms with Gasteiger partial charge in [-0.2, -0.15) is 5.26 Å². The first-order chi connectivity index (χ1) is 21.4. The fourth-order valence-electron chi connectivity index (χ4n) is 6.82. The summed E-state index contributed by atoms with van der Waals surface area (Å²) in [7, 11) is 0. The highest BCUT2D eigenvalue weighted by atomic mass is 15.0. The lowest BCUT2D eigenvalue weighted by atomic mass is 10.0. The zero-order chi connectivity index (χ0) is 30.1. The number of nitriles is 1. The van der Waals surface area contributed by atoms with Crippen molar-refractivity contribution >= 4 is 43.6 Å². The molecule has 5 heteroatoms. The van der Waals surface area contributed by atoms with E-state index in [2.05, 4.69) is 125 Å². The molecule has 44 heavy (non-hydrogen) atoms. The van der Waals surface area contributed by atoms with Crippen LogP contribution in [-0.4, -0.2) is 19.1 Å². The molecule has 0 atom stereocenters. The summed E-state index contributed by atoms with van der Waals surface area (Å²) in [6.45, 7) is 8.19. The first-order valence-corrected chi connectivity index (χ1v) is 14.8. The van der Waals surface area contributed by atoms with E-state index in [4.69, 9.17) is 4.98 Å². The second-order valence-corrected chi connectivity index (χ2v) is 11.7. The quantitative estimate of drug-likeness (QED) is 0.214. The second-order valence-electron chi connectivity index (χ2n) is 11.7. The Hall–Kier alpha value is -5.73. The summed E-state index contributed by atoms with van der Waals surface area (Å²) in [6.07, 6.45) is 0. The van der Waals surface area contributed by atoms with E-state index < -0.39 is 0 Å². The Balaban J connectivity index is 1.63. The molecule has 0 aliphatic rings. The van der Waals surface area contributed by atoms with Gasteiger partial charge in [0.05, 0.1) is 50.8 Å². The molecule has 0 radical (unpaired) electrons. The van der Waals surface area contributed by atoms with Crippen molar-refractivity contribution in [3.8, 4) is 28.7 Å². The minimum absolute atomic E-state index is 0.582. The number of fused-ring (bicyclic) bond motifs is 6. The number of benzene rings is 5. The molecule has 8 aromatic rings. The van der Waals surface area contributed by atoms with Gasteiger partial charge in [-0.3, -0.25) is 0 Å². The largest absolute Gasteiger partial charge is 0.308 e. The smallest absolute Gasteiger partial charge is 0.126 e. The van der Waals surface area contributed by atoms with Gasteiger partial charge in [-0.05, 0) is 81.3 Å². The molecule has 8 rings (SSSR count). The molecule has 0 fully saturated rings. The van der Waals surface area contributed by atoms with E-state index in [1.807, 2.05) is 26.0 Å². The zero-order valence-electron chi connectivity index (χ0n) is 25.1. The number of aryl methyl sites for hydroxylation is 4. The number of para-hydroxylation sites is 2. The van der Waals surface area contributed by atoms with Crippen LogP contribution in [0.5, 0.6) is 0 Å². The maximum absolute atomic E-state index is 10.5. The van der Waals surface area contributed by atoms with Gasteiger partial charge in [0.15, 0.2) is 0 Å². The van der Waals surface area contributed by atoms with Crippen LogP contribution >= 0.6 is 0 Å². The molecule has 0 bridgehead atoms. The van der Waals surface area contributed by atoms with Crippen LogP contribution in [0.1, 0.15) is 28.2 Å². The lowest BCUT2D eigenvalue weighted by molar-refractivity contribution is 1.01. The summed E-state index contributed by atoms with van der Waals surface area (Å²) >= 11 is 0. The predicted molar refractivity (Wildman–Crippen MR) is 180 cm³/mol. The van der Waals surface area contributed by atoms with Gasteiger partial charge in [-0.15, -0.1) is 0 Å². The van der Waals surface area contributed by atoms with Crippen LogP contribution in [0.3, 0.4) is 0 Å². The topological polar surface area (TPSA) is 59.4 Å². The summed E-state index contributed by atoms with van der Waals surface area (Å²) in [5.41, 5.74) is 11.8. The average Bonchev–Trinajstić information content (AvgIpc) is 3.51. The Labute approximate surface area is 255 Å². The molecule has 0 N–H and O–H groups in total. The van der Waals surface area contributed by atoms with E-state index in [9.17, 15) is 5.26 Å². The number of hydrogen-bond donors (Lipinski definition) is 0. The molecule has 0 saturated carbocycles. The summed E-state index contributed by atoms with van der Waals surface area (Å²) in [5, 5.41) is 15.2. The Bertz CT molecular complexity index is 2340. The fraction of sp³-hybridized carbons (Fsp3) is 0.103. The van der Waals surface area contributed by atoms with Crippen LogP contribution < -0.4 is 0 Å². The van der Waals surface area contributed by atoms with Crippen LogP contribution in [-0.2, 0) is 0 Å². The molecular formula is C39H29N5. The minimum Gasteiger partial charge on any atom is -0.308 e. The van der Waals surface area contributed by atoms with Crippen molar-refractivity contribution in [1.82, 2.24) is 19.1 Å². The number of aromatic nitrogens is 4. The van der Waals surface area contributed by atoms with E-state index in [1.165, 1.54) is 32.7 Å². The first-order valence-electron chi connectivity index (χ1n) is 14.8. The third-order valence-electron chi connectivity index (χ3n) is 8.59. The summed E-state index contributed by atoms with van der Waals surface area (Å²) in [5.74, 6) is 0.706. The van der Waals surface area contributed by atoms with E-state index in [0.29, 0.717) is 11.4 Å². The molecule has 0 spiro atoms. The Kier molecular flexibility index (Phi) is 5.69. The molecule has 210 valence electrons. The Morgan fingerprint density at radius 3 is 1.55 bits per heavy atom. The molecular weight excluding hydrogens is 538 g/mol. The molecule has 0 aliphatic carbocycles. The lowest BCUT2D eigenvalue weighted by Gasteiger charge is -2.21. The summed E-state index contributed by atoms with van der Waals surface area (Å²) < 4.78 is 4.62. The second kappa shape index (κ2) is 9.65. The maximum atomic E-state index is 10.5. The van der Waals surface area contributed by atoms with Crippen molar-refractivity contribution in [3.63, 3.8) is 0 Å². The predicted octanol–water partition coefficient (Wildman–Crippen LogP) is 9.44. The van der Waals surface area contributed by atoms with Crippen molar-refractivity contribution in [3.05, 3.63) is 131 Å². The lowest BCUT2D eigenvalue weighted by Crippen LogP contribution is -2.07. The van der Waals surface area contributed by atoms with Crippen LogP contribution in [0.15, 0.2) is 103 Å². The molecule has 0 aliphatic heterocycles. The standard InChI is InChI=1S/C39H29N5/c1-23-13-15-30-28-9-5-7-11-33(28)43(35(30)17-23)37-20-27(22-40)21-38(39(37)32-19-25(3)41-26(4)42-32)44-34-12-8-6-10-29(34)31-16-14-24(2)18-36(31)44/h5-21H,1-4H3. The monoisotopic (exact) mass is 567 g/mol. The summed E-state index contributed by atoms with van der Waals surface area (Å²) in [4.78, 5) is 9.66. The number of nitrogens with zero attached hydrogens (tertiary/aromatic N) is 5. The third kappa shape index (κ3) is 3.85. The highest BCUT2D eigenvalue weighted by Gasteiger charge is 2.24. The van der Waals surface area contributed by atoms with Gasteiger partial charge in [-0.1, -0.05) is 60.7 Å². The highest BCUT2D eigenvalue weighted by molar-refractivity contribution is 6.12. The highest BCUT2D eigenvalue weighted by Crippen LogP contribution is 2.42. The van der Waals surface area contributed by atoms with Gasteiger partial charge in [0.2, 0.25) is 0 Å². The normalized spacial score (nSPS) is 11.6. The maximum Gasteiger partial charge on any atom is 0.126 e. The molecule has 3 heterocycles. The van der Waals surface area contributed by atoms with Gasteiger partial charge in [0, 0.05) is 32.8 Å². The van der Waals surface area contributed by atoms with Crippen LogP contribution in [0.4, 0.5) is 0 Å². The molecule has 0 amide bonds. The molecule has 0 unspecified atom stereocenters.